The monoisotopic (exact) mass is 525 g/mol. The maximum absolute atomic E-state index is 14.1. The van der Waals surface area contributed by atoms with Gasteiger partial charge >= 0.3 is 18.4 Å². The van der Waals surface area contributed by atoms with Crippen LogP contribution in [0.4, 0.5) is 26.3 Å². The van der Waals surface area contributed by atoms with Crippen LogP contribution in [0.5, 0.6) is 5.75 Å². The number of esters is 1. The van der Waals surface area contributed by atoms with Gasteiger partial charge in [0, 0.05) is 0 Å². The second-order valence-electron chi connectivity index (χ2n) is 7.77. The molecule has 1 aliphatic rings. The molecule has 0 radical (unpaired) electrons. The van der Waals surface area contributed by atoms with E-state index in [0.29, 0.717) is 5.56 Å². The number of carbonyl (C=O) groups excluding carboxylic acids is 2. The Bertz CT molecular complexity index is 1330. The van der Waals surface area contributed by atoms with Gasteiger partial charge in [0.05, 0.1) is 12.2 Å². The maximum Gasteiger partial charge on any atom is 0.540 e. The van der Waals surface area contributed by atoms with Gasteiger partial charge in [-0.2, -0.15) is 8.78 Å². The summed E-state index contributed by atoms with van der Waals surface area (Å²) < 4.78 is 95.3. The van der Waals surface area contributed by atoms with E-state index in [1.807, 2.05) is 0 Å². The highest BCUT2D eigenvalue weighted by Gasteiger charge is 2.54. The van der Waals surface area contributed by atoms with E-state index < -0.39 is 58.8 Å². The van der Waals surface area contributed by atoms with E-state index in [4.69, 9.17) is 4.74 Å². The predicted molar refractivity (Wildman–Crippen MR) is 116 cm³/mol. The van der Waals surface area contributed by atoms with Gasteiger partial charge in [0.15, 0.2) is 6.04 Å². The molecule has 1 aliphatic heterocycles. The fourth-order valence-corrected chi connectivity index (χ4v) is 3.67. The quantitative estimate of drug-likeness (QED) is 0.332. The molecule has 0 aromatic heterocycles. The third-order valence-corrected chi connectivity index (χ3v) is 5.33. The molecule has 0 fully saturated rings. The van der Waals surface area contributed by atoms with Gasteiger partial charge < -0.3 is 14.8 Å². The molecule has 0 saturated heterocycles. The van der Waals surface area contributed by atoms with E-state index in [2.05, 4.69) is 14.8 Å². The first-order chi connectivity index (χ1) is 17.4. The summed E-state index contributed by atoms with van der Waals surface area (Å²) in [6.07, 6.45) is -8.83. The minimum absolute atomic E-state index is 0.0517. The zero-order valence-corrected chi connectivity index (χ0v) is 18.9. The molecule has 6 nitrogen and oxygen atoms in total. The molecule has 1 atom stereocenters. The highest BCUT2D eigenvalue weighted by molar-refractivity contribution is 5.97. The molecule has 3 aromatic carbocycles. The molecule has 0 spiro atoms. The Kier molecular flexibility index (Phi) is 6.87. The minimum Gasteiger partial charge on any atom is -0.464 e. The lowest BCUT2D eigenvalue weighted by molar-refractivity contribution is -0.461. The van der Waals surface area contributed by atoms with E-state index in [1.54, 1.807) is 0 Å². The molecule has 0 aliphatic carbocycles. The molecule has 4 rings (SSSR count). The van der Waals surface area contributed by atoms with E-state index >= 15 is 0 Å². The minimum atomic E-state index is -4.50. The summed E-state index contributed by atoms with van der Waals surface area (Å²) >= 11 is 0. The Morgan fingerprint density at radius 1 is 0.946 bits per heavy atom. The van der Waals surface area contributed by atoms with Crippen LogP contribution < -0.4 is 10.1 Å². The molecule has 1 heterocycles. The Morgan fingerprint density at radius 2 is 1.57 bits per heavy atom. The number of halogens is 6. The summed E-state index contributed by atoms with van der Waals surface area (Å²) in [6, 6.07) is 9.99. The van der Waals surface area contributed by atoms with Gasteiger partial charge in [0.1, 0.15) is 22.9 Å². The van der Waals surface area contributed by atoms with Crippen LogP contribution in [0.2, 0.25) is 0 Å². The lowest BCUT2D eigenvalue weighted by Crippen LogP contribution is -2.41. The number of hydrogen-bond acceptors (Lipinski definition) is 5. The first-order valence-corrected chi connectivity index (χ1v) is 10.7. The second-order valence-corrected chi connectivity index (χ2v) is 7.77. The normalized spacial score (nSPS) is 16.2. The van der Waals surface area contributed by atoms with Crippen molar-refractivity contribution in [3.63, 3.8) is 0 Å². The average Bonchev–Trinajstić information content (AvgIpc) is 2.81. The summed E-state index contributed by atoms with van der Waals surface area (Å²) in [6.45, 7) is 1.47. The Morgan fingerprint density at radius 3 is 2.19 bits per heavy atom. The van der Waals surface area contributed by atoms with Gasteiger partial charge in [-0.25, -0.2) is 18.3 Å². The number of ether oxygens (including phenoxy) is 3. The zero-order valence-electron chi connectivity index (χ0n) is 18.9. The first kappa shape index (κ1) is 26.0. The van der Waals surface area contributed by atoms with E-state index in [-0.39, 0.29) is 17.7 Å². The molecule has 0 bridgehead atoms. The zero-order chi connectivity index (χ0) is 27.0. The summed E-state index contributed by atoms with van der Waals surface area (Å²) in [5.41, 5.74) is -1.15. The van der Waals surface area contributed by atoms with Crippen molar-refractivity contribution < 1.29 is 50.1 Å². The van der Waals surface area contributed by atoms with Crippen molar-refractivity contribution in [2.24, 2.45) is 0 Å². The molecule has 194 valence electrons. The molecule has 1 unspecified atom stereocenters. The molecular formula is C25H17F6NO5. The standard InChI is InChI=1S/C25H17F6NO5/c1-2-35-23(34)21(32-22(33)20-17(26)4-3-5-18(20)27)14-8-6-13(7-9-14)15-10-11-19-16(12-15)24(28,29)37-25(30,31)36-19/h3-12,21H,2H2,1H3,(H,32,33). The van der Waals surface area contributed by atoms with Gasteiger partial charge in [0.25, 0.3) is 5.91 Å². The highest BCUT2D eigenvalue weighted by atomic mass is 19.3. The molecule has 12 heteroatoms. The molecule has 37 heavy (non-hydrogen) atoms. The number of amides is 1. The van der Waals surface area contributed by atoms with E-state index in [0.717, 1.165) is 30.3 Å². The van der Waals surface area contributed by atoms with Crippen molar-refractivity contribution in [3.8, 4) is 16.9 Å². The number of hydrogen-bond donors (Lipinski definition) is 1. The van der Waals surface area contributed by atoms with Crippen molar-refractivity contribution in [2.45, 2.75) is 25.4 Å². The summed E-state index contributed by atoms with van der Waals surface area (Å²) in [4.78, 5) is 25.1. The van der Waals surface area contributed by atoms with Crippen LogP contribution in [0.15, 0.2) is 60.7 Å². The van der Waals surface area contributed by atoms with Crippen molar-refractivity contribution in [1.29, 1.82) is 0 Å². The van der Waals surface area contributed by atoms with Gasteiger partial charge in [-0.15, -0.1) is 8.78 Å². The fourth-order valence-electron chi connectivity index (χ4n) is 3.67. The Hall–Kier alpha value is -4.06. The third-order valence-electron chi connectivity index (χ3n) is 5.33. The number of carbonyl (C=O) groups is 2. The molecule has 1 amide bonds. The van der Waals surface area contributed by atoms with Crippen LogP contribution in [0.3, 0.4) is 0 Å². The van der Waals surface area contributed by atoms with Crippen LogP contribution in [0.1, 0.15) is 34.5 Å². The third kappa shape index (κ3) is 5.38. The molecular weight excluding hydrogens is 508 g/mol. The van der Waals surface area contributed by atoms with Crippen molar-refractivity contribution >= 4 is 11.9 Å². The average molecular weight is 525 g/mol. The number of fused-ring (bicyclic) bond motifs is 1. The summed E-state index contributed by atoms with van der Waals surface area (Å²) in [5, 5.41) is 2.24. The highest BCUT2D eigenvalue weighted by Crippen LogP contribution is 2.47. The maximum atomic E-state index is 14.1. The van der Waals surface area contributed by atoms with Crippen molar-refractivity contribution in [2.75, 3.05) is 6.61 Å². The first-order valence-electron chi connectivity index (χ1n) is 10.7. The predicted octanol–water partition coefficient (Wildman–Crippen LogP) is 5.67. The van der Waals surface area contributed by atoms with E-state index in [9.17, 15) is 35.9 Å². The van der Waals surface area contributed by atoms with Crippen molar-refractivity contribution in [1.82, 2.24) is 5.32 Å². The number of nitrogens with one attached hydrogen (secondary N) is 1. The van der Waals surface area contributed by atoms with Crippen LogP contribution in [-0.4, -0.2) is 24.8 Å². The van der Waals surface area contributed by atoms with Crippen molar-refractivity contribution in [3.05, 3.63) is 89.0 Å². The molecule has 3 aromatic rings. The van der Waals surface area contributed by atoms with Crippen LogP contribution >= 0.6 is 0 Å². The largest absolute Gasteiger partial charge is 0.540 e. The van der Waals surface area contributed by atoms with Crippen LogP contribution in [-0.2, 0) is 20.4 Å². The van der Waals surface area contributed by atoms with E-state index in [1.165, 1.54) is 37.3 Å². The topological polar surface area (TPSA) is 73.9 Å². The number of benzene rings is 3. The molecule has 0 saturated carbocycles. The Labute approximate surface area is 205 Å². The smallest absolute Gasteiger partial charge is 0.464 e. The van der Waals surface area contributed by atoms with Crippen LogP contribution in [0.25, 0.3) is 11.1 Å². The molecule has 1 N–H and O–H groups in total. The van der Waals surface area contributed by atoms with Gasteiger partial charge in [-0.05, 0) is 47.9 Å². The van der Waals surface area contributed by atoms with Gasteiger partial charge in [-0.3, -0.25) is 4.79 Å². The van der Waals surface area contributed by atoms with Gasteiger partial charge in [-0.1, -0.05) is 36.4 Å². The lowest BCUT2D eigenvalue weighted by atomic mass is 9.98. The number of rotatable bonds is 6. The lowest BCUT2D eigenvalue weighted by Gasteiger charge is -2.30. The Balaban J connectivity index is 1.63. The SMILES string of the molecule is CCOC(=O)C(NC(=O)c1c(F)cccc1F)c1ccc(-c2ccc3c(c2)C(F)(F)OC(F)(F)O3)cc1. The summed E-state index contributed by atoms with van der Waals surface area (Å²) in [7, 11) is 0. The number of alkyl halides is 4. The second kappa shape index (κ2) is 9.77. The fraction of sp³-hybridized carbons (Fsp3) is 0.200. The van der Waals surface area contributed by atoms with Gasteiger partial charge in [0.2, 0.25) is 0 Å². The van der Waals surface area contributed by atoms with Crippen LogP contribution in [0, 0.1) is 11.6 Å². The summed E-state index contributed by atoms with van der Waals surface area (Å²) in [5.74, 6) is -5.14.